The highest BCUT2D eigenvalue weighted by molar-refractivity contribution is 8.00. The van der Waals surface area contributed by atoms with Crippen LogP contribution in [0.2, 0.25) is 0 Å². The summed E-state index contributed by atoms with van der Waals surface area (Å²) in [4.78, 5) is 29.6. The lowest BCUT2D eigenvalue weighted by Crippen LogP contribution is -2.25. The Labute approximate surface area is 209 Å². The highest BCUT2D eigenvalue weighted by Gasteiger charge is 2.44. The first-order chi connectivity index (χ1) is 17.3. The van der Waals surface area contributed by atoms with E-state index in [1.165, 1.54) is 37.6 Å². The number of benzene rings is 2. The molecule has 194 valence electrons. The first-order valence-corrected chi connectivity index (χ1v) is 10.9. The van der Waals surface area contributed by atoms with Crippen LogP contribution >= 0.6 is 11.8 Å². The summed E-state index contributed by atoms with van der Waals surface area (Å²) in [6.45, 7) is 0. The Bertz CT molecular complexity index is 1390. The van der Waals surface area contributed by atoms with Crippen LogP contribution in [0, 0.1) is 0 Å². The fourth-order valence-electron chi connectivity index (χ4n) is 3.30. The summed E-state index contributed by atoms with van der Waals surface area (Å²) >= 11 is -0.390. The molecular formula is C22H15F5N4O5S. The number of pyridine rings is 1. The van der Waals surface area contributed by atoms with E-state index in [1.54, 1.807) is 0 Å². The van der Waals surface area contributed by atoms with E-state index in [4.69, 9.17) is 10.5 Å². The van der Waals surface area contributed by atoms with Gasteiger partial charge in [-0.15, -0.1) is 8.78 Å². The lowest BCUT2D eigenvalue weighted by molar-refractivity contribution is -0.286. The molecule has 0 radical (unpaired) electrons. The molecule has 4 N–H and O–H groups in total. The van der Waals surface area contributed by atoms with Gasteiger partial charge in [0.2, 0.25) is 0 Å². The lowest BCUT2D eigenvalue weighted by Gasteiger charge is -2.15. The molecule has 2 heterocycles. The largest absolute Gasteiger partial charge is 0.586 e. The van der Waals surface area contributed by atoms with Crippen molar-refractivity contribution in [2.45, 2.75) is 16.7 Å². The Hall–Kier alpha value is -4.27. The molecule has 2 amide bonds. The Balaban J connectivity index is 1.68. The summed E-state index contributed by atoms with van der Waals surface area (Å²) < 4.78 is 79.3. The number of amides is 2. The molecule has 0 saturated carbocycles. The summed E-state index contributed by atoms with van der Waals surface area (Å²) in [7, 11) is 1.28. The van der Waals surface area contributed by atoms with Crippen LogP contribution in [-0.2, 0) is 0 Å². The molecule has 2 aromatic carbocycles. The van der Waals surface area contributed by atoms with E-state index in [2.05, 4.69) is 25.1 Å². The van der Waals surface area contributed by atoms with Gasteiger partial charge >= 0.3 is 11.8 Å². The van der Waals surface area contributed by atoms with Crippen molar-refractivity contribution in [1.82, 2.24) is 4.98 Å². The first-order valence-electron chi connectivity index (χ1n) is 10.1. The number of methoxy groups -OCH3 is 1. The fraction of sp³-hybridized carbons (Fsp3) is 0.136. The summed E-state index contributed by atoms with van der Waals surface area (Å²) in [5.41, 5.74) is 0.323. The smallest absolute Gasteiger partial charge is 0.496 e. The van der Waals surface area contributed by atoms with E-state index in [1.807, 2.05) is 0 Å². The molecule has 1 aromatic heterocycles. The third-order valence-corrected chi connectivity index (χ3v) is 5.47. The van der Waals surface area contributed by atoms with Crippen LogP contribution in [0.5, 0.6) is 17.2 Å². The number of hydrogen-bond donors (Lipinski definition) is 3. The average Bonchev–Trinajstić information content (AvgIpc) is 3.09. The second-order valence-corrected chi connectivity index (χ2v) is 8.41. The van der Waals surface area contributed by atoms with Crippen molar-refractivity contribution in [2.75, 3.05) is 23.5 Å². The number of hydrogen-bond acceptors (Lipinski definition) is 8. The molecule has 4 rings (SSSR count). The number of ether oxygens (including phenoxy) is 3. The second kappa shape index (κ2) is 9.65. The second-order valence-electron chi connectivity index (χ2n) is 7.27. The molecule has 0 unspecified atom stereocenters. The van der Waals surface area contributed by atoms with Gasteiger partial charge < -0.3 is 30.6 Å². The molecule has 0 bridgehead atoms. The number of rotatable bonds is 6. The minimum absolute atomic E-state index is 0.0299. The Morgan fingerprint density at radius 1 is 1.05 bits per heavy atom. The van der Waals surface area contributed by atoms with Crippen LogP contribution in [0.15, 0.2) is 53.6 Å². The van der Waals surface area contributed by atoms with E-state index in [9.17, 15) is 31.5 Å². The maximum Gasteiger partial charge on any atom is 0.586 e. The molecule has 9 nitrogen and oxygen atoms in total. The number of fused-ring (bicyclic) bond motifs is 1. The van der Waals surface area contributed by atoms with Gasteiger partial charge in [-0.25, -0.2) is 4.98 Å². The summed E-state index contributed by atoms with van der Waals surface area (Å²) in [5.74, 6) is -3.01. The Morgan fingerprint density at radius 3 is 2.43 bits per heavy atom. The molecule has 0 atom stereocenters. The van der Waals surface area contributed by atoms with Crippen LogP contribution in [-0.4, -0.2) is 35.7 Å². The molecule has 3 aromatic rings. The predicted molar refractivity (Wildman–Crippen MR) is 122 cm³/mol. The molecule has 1 aliphatic heterocycles. The molecule has 0 fully saturated rings. The van der Waals surface area contributed by atoms with Crippen LogP contribution in [0.4, 0.5) is 39.1 Å². The zero-order valence-electron chi connectivity index (χ0n) is 18.5. The van der Waals surface area contributed by atoms with Crippen LogP contribution in [0.3, 0.4) is 0 Å². The van der Waals surface area contributed by atoms with Crippen molar-refractivity contribution in [3.63, 3.8) is 0 Å². The van der Waals surface area contributed by atoms with Crippen LogP contribution in [0.1, 0.15) is 20.7 Å². The number of nitrogen functional groups attached to an aromatic ring is 1. The lowest BCUT2D eigenvalue weighted by atomic mass is 10.1. The zero-order valence-corrected chi connectivity index (χ0v) is 19.3. The van der Waals surface area contributed by atoms with Crippen molar-refractivity contribution in [2.24, 2.45) is 0 Å². The van der Waals surface area contributed by atoms with Gasteiger partial charge in [-0.2, -0.15) is 13.2 Å². The van der Waals surface area contributed by atoms with Crippen molar-refractivity contribution in [3.8, 4) is 17.2 Å². The third-order valence-electron chi connectivity index (χ3n) is 4.75. The number of alkyl halides is 5. The average molecular weight is 542 g/mol. The van der Waals surface area contributed by atoms with Crippen molar-refractivity contribution >= 4 is 40.8 Å². The van der Waals surface area contributed by atoms with Crippen molar-refractivity contribution in [1.29, 1.82) is 0 Å². The molecule has 0 spiro atoms. The van der Waals surface area contributed by atoms with E-state index in [0.717, 1.165) is 18.2 Å². The minimum Gasteiger partial charge on any atom is -0.496 e. The number of carbonyl (C=O) groups is 2. The number of nitrogens with one attached hydrogen (secondary N) is 2. The van der Waals surface area contributed by atoms with Crippen molar-refractivity contribution < 1.29 is 45.8 Å². The molecular weight excluding hydrogens is 527 g/mol. The molecule has 15 heteroatoms. The number of nitrogens with zero attached hydrogens (tertiary/aromatic N) is 1. The summed E-state index contributed by atoms with van der Waals surface area (Å²) in [6.07, 6.45) is -2.74. The fourth-order valence-corrected chi connectivity index (χ4v) is 3.90. The molecule has 0 saturated heterocycles. The van der Waals surface area contributed by atoms with E-state index in [0.29, 0.717) is 0 Å². The molecule has 1 aliphatic rings. The standard InChI is InChI=1S/C22H15F5N4O5S/c1-34-14-5-6-29-18(28)17(14)20(33)31-13-9-16-15(35-22(26,27)36-16)8-12(13)19(32)30-10-3-2-4-11(7-10)37-21(23,24)25/h2-9H,1H3,(H2,28,29)(H,30,32)(H,31,33). The molecule has 37 heavy (non-hydrogen) atoms. The maximum atomic E-state index is 13.6. The highest BCUT2D eigenvalue weighted by Crippen LogP contribution is 2.44. The van der Waals surface area contributed by atoms with Gasteiger partial charge in [0.25, 0.3) is 11.8 Å². The first kappa shape index (κ1) is 25.8. The third kappa shape index (κ3) is 5.94. The van der Waals surface area contributed by atoms with Crippen LogP contribution < -0.4 is 30.6 Å². The monoisotopic (exact) mass is 542 g/mol. The minimum atomic E-state index is -4.56. The van der Waals surface area contributed by atoms with E-state index >= 15 is 0 Å². The van der Waals surface area contributed by atoms with Gasteiger partial charge in [0.05, 0.1) is 18.4 Å². The Morgan fingerprint density at radius 2 is 1.76 bits per heavy atom. The van der Waals surface area contributed by atoms with E-state index < -0.39 is 35.1 Å². The number of nitrogens with two attached hydrogens (primary N) is 1. The van der Waals surface area contributed by atoms with Gasteiger partial charge in [0.1, 0.15) is 17.1 Å². The topological polar surface area (TPSA) is 125 Å². The summed E-state index contributed by atoms with van der Waals surface area (Å²) in [5, 5.41) is 4.74. The number of halogens is 5. The van der Waals surface area contributed by atoms with Gasteiger partial charge in [-0.05, 0) is 42.1 Å². The summed E-state index contributed by atoms with van der Waals surface area (Å²) in [6, 6.07) is 8.02. The maximum absolute atomic E-state index is 13.6. The van der Waals surface area contributed by atoms with Gasteiger partial charge in [-0.1, -0.05) is 6.07 Å². The number of carbonyl (C=O) groups excluding carboxylic acids is 2. The van der Waals surface area contributed by atoms with E-state index in [-0.39, 0.29) is 50.7 Å². The van der Waals surface area contributed by atoms with Gasteiger partial charge in [-0.3, -0.25) is 9.59 Å². The van der Waals surface area contributed by atoms with Gasteiger partial charge in [0.15, 0.2) is 11.5 Å². The normalized spacial score (nSPS) is 13.7. The number of thioether (sulfide) groups is 1. The number of aromatic nitrogens is 1. The highest BCUT2D eigenvalue weighted by atomic mass is 32.2. The van der Waals surface area contributed by atoms with Crippen LogP contribution in [0.25, 0.3) is 0 Å². The predicted octanol–water partition coefficient (Wildman–Crippen LogP) is 5.11. The molecule has 0 aliphatic carbocycles. The quantitative estimate of drug-likeness (QED) is 0.290. The SMILES string of the molecule is COc1ccnc(N)c1C(=O)Nc1cc2c(cc1C(=O)Nc1cccc(SC(F)(F)F)c1)OC(F)(F)O2. The van der Waals surface area contributed by atoms with Crippen molar-refractivity contribution in [3.05, 3.63) is 59.8 Å². The number of anilines is 3. The zero-order chi connectivity index (χ0) is 27.0. The van der Waals surface area contributed by atoms with Gasteiger partial charge in [0, 0.05) is 22.8 Å². The Kier molecular flexibility index (Phi) is 6.73.